The lowest BCUT2D eigenvalue weighted by molar-refractivity contribution is 0.101. The minimum absolute atomic E-state index is 0.312. The van der Waals surface area contributed by atoms with Gasteiger partial charge in [-0.3, -0.25) is 13.9 Å². The maximum absolute atomic E-state index is 12.8. The monoisotopic (exact) mass is 512 g/mol. The molecule has 0 radical (unpaired) electrons. The maximum Gasteiger partial charge on any atom is 0.303 e. The number of anilines is 3. The van der Waals surface area contributed by atoms with Crippen molar-refractivity contribution in [1.82, 2.24) is 4.31 Å². The van der Waals surface area contributed by atoms with E-state index < -0.39 is 10.2 Å². The second-order valence-electron chi connectivity index (χ2n) is 8.25. The first kappa shape index (κ1) is 24.7. The number of hydrogen-bond acceptors (Lipinski definition) is 4. The minimum Gasteiger partial charge on any atom is -0.322 e. The van der Waals surface area contributed by atoms with Gasteiger partial charge < -0.3 is 10.6 Å². The number of nitrogens with zero attached hydrogens (tertiary/aromatic N) is 2. The Morgan fingerprint density at radius 2 is 1.60 bits per heavy atom. The average Bonchev–Trinajstić information content (AvgIpc) is 2.83. The van der Waals surface area contributed by atoms with Crippen molar-refractivity contribution >= 4 is 50.7 Å². The van der Waals surface area contributed by atoms with E-state index in [2.05, 4.69) is 10.6 Å². The van der Waals surface area contributed by atoms with Crippen LogP contribution in [0.2, 0.25) is 5.02 Å². The Balaban J connectivity index is 1.47. The number of halogens is 1. The summed E-state index contributed by atoms with van der Waals surface area (Å²) in [5.74, 6) is -0.667. The Morgan fingerprint density at radius 1 is 0.886 bits per heavy atom. The summed E-state index contributed by atoms with van der Waals surface area (Å²) in [7, 11) is -2.00. The van der Waals surface area contributed by atoms with E-state index in [9.17, 15) is 18.0 Å². The standard InChI is InChI=1S/C25H25ClN4O4S/c1-17-7-10-21(16-23(17)28-25(32)19-5-3-6-20(26)15-19)27-24(31)18-8-11-22(12-9-18)30-14-4-13-29(2)35(30,33)34/h3,5-12,15-16H,4,13-14H2,1-2H3,(H,27,31)(H,28,32). The Morgan fingerprint density at radius 3 is 2.31 bits per heavy atom. The summed E-state index contributed by atoms with van der Waals surface area (Å²) >= 11 is 5.98. The topological polar surface area (TPSA) is 98.8 Å². The van der Waals surface area contributed by atoms with Gasteiger partial charge in [-0.25, -0.2) is 0 Å². The number of hydrogen-bond donors (Lipinski definition) is 2. The van der Waals surface area contributed by atoms with Crippen molar-refractivity contribution < 1.29 is 18.0 Å². The molecule has 0 saturated carbocycles. The van der Waals surface area contributed by atoms with Crippen LogP contribution in [-0.2, 0) is 10.2 Å². The van der Waals surface area contributed by atoms with Gasteiger partial charge >= 0.3 is 10.2 Å². The highest BCUT2D eigenvalue weighted by atomic mass is 35.5. The summed E-state index contributed by atoms with van der Waals surface area (Å²) in [4.78, 5) is 25.4. The molecule has 1 heterocycles. The predicted molar refractivity (Wildman–Crippen MR) is 138 cm³/mol. The van der Waals surface area contributed by atoms with E-state index in [1.807, 2.05) is 6.92 Å². The zero-order chi connectivity index (χ0) is 25.2. The number of nitrogens with one attached hydrogen (secondary N) is 2. The van der Waals surface area contributed by atoms with Gasteiger partial charge in [0.15, 0.2) is 0 Å². The van der Waals surface area contributed by atoms with E-state index in [1.165, 1.54) is 8.61 Å². The van der Waals surface area contributed by atoms with E-state index in [0.29, 0.717) is 46.3 Å². The van der Waals surface area contributed by atoms with Crippen LogP contribution in [0, 0.1) is 6.92 Å². The van der Waals surface area contributed by atoms with Gasteiger partial charge in [0, 0.05) is 47.7 Å². The Kier molecular flexibility index (Phi) is 7.11. The molecular weight excluding hydrogens is 488 g/mol. The summed E-state index contributed by atoms with van der Waals surface area (Å²) in [6, 6.07) is 18.3. The van der Waals surface area contributed by atoms with Gasteiger partial charge in [0.1, 0.15) is 0 Å². The van der Waals surface area contributed by atoms with Gasteiger partial charge in [0.2, 0.25) is 0 Å². The van der Waals surface area contributed by atoms with Crippen LogP contribution in [0.4, 0.5) is 17.1 Å². The fourth-order valence-corrected chi connectivity index (χ4v) is 5.37. The molecule has 4 rings (SSSR count). The van der Waals surface area contributed by atoms with Crippen molar-refractivity contribution in [2.75, 3.05) is 35.1 Å². The molecule has 1 aliphatic heterocycles. The van der Waals surface area contributed by atoms with Gasteiger partial charge in [-0.1, -0.05) is 23.7 Å². The van der Waals surface area contributed by atoms with Crippen LogP contribution in [-0.4, -0.2) is 44.7 Å². The molecule has 0 aromatic heterocycles. The van der Waals surface area contributed by atoms with Crippen molar-refractivity contribution in [3.05, 3.63) is 88.4 Å². The fourth-order valence-electron chi connectivity index (χ4n) is 3.74. The van der Waals surface area contributed by atoms with Crippen molar-refractivity contribution in [2.45, 2.75) is 13.3 Å². The number of aryl methyl sites for hydroxylation is 1. The third-order valence-electron chi connectivity index (χ3n) is 5.75. The Bertz CT molecular complexity index is 1380. The summed E-state index contributed by atoms with van der Waals surface area (Å²) in [5.41, 5.74) is 3.20. The molecule has 1 fully saturated rings. The predicted octanol–water partition coefficient (Wildman–Crippen LogP) is 4.54. The van der Waals surface area contributed by atoms with Crippen LogP contribution in [0.15, 0.2) is 66.7 Å². The van der Waals surface area contributed by atoms with E-state index in [-0.39, 0.29) is 11.8 Å². The number of benzene rings is 3. The minimum atomic E-state index is -3.55. The third kappa shape index (κ3) is 5.48. The molecule has 3 aromatic carbocycles. The largest absolute Gasteiger partial charge is 0.322 e. The van der Waals surface area contributed by atoms with Crippen molar-refractivity contribution in [2.24, 2.45) is 0 Å². The Labute approximate surface area is 209 Å². The SMILES string of the molecule is Cc1ccc(NC(=O)c2ccc(N3CCCN(C)S3(=O)=O)cc2)cc1NC(=O)c1cccc(Cl)c1. The van der Waals surface area contributed by atoms with Crippen molar-refractivity contribution in [3.8, 4) is 0 Å². The number of rotatable bonds is 5. The molecule has 0 unspecified atom stereocenters. The molecule has 2 amide bonds. The smallest absolute Gasteiger partial charge is 0.303 e. The van der Waals surface area contributed by atoms with Gasteiger partial charge in [-0.2, -0.15) is 12.7 Å². The molecule has 3 aromatic rings. The van der Waals surface area contributed by atoms with E-state index >= 15 is 0 Å². The third-order valence-corrected chi connectivity index (χ3v) is 7.91. The highest BCUT2D eigenvalue weighted by Gasteiger charge is 2.31. The van der Waals surface area contributed by atoms with Crippen molar-refractivity contribution in [1.29, 1.82) is 0 Å². The first-order valence-corrected chi connectivity index (χ1v) is 12.8. The number of carbonyl (C=O) groups excluding carboxylic acids is 2. The molecule has 182 valence electrons. The molecule has 0 bridgehead atoms. The van der Waals surface area contributed by atoms with Crippen LogP contribution in [0.25, 0.3) is 0 Å². The van der Waals surface area contributed by atoms with Crippen LogP contribution in [0.5, 0.6) is 0 Å². The second-order valence-corrected chi connectivity index (χ2v) is 10.6. The lowest BCUT2D eigenvalue weighted by Gasteiger charge is -2.33. The molecule has 0 aliphatic carbocycles. The first-order valence-electron chi connectivity index (χ1n) is 11.0. The highest BCUT2D eigenvalue weighted by Crippen LogP contribution is 2.25. The van der Waals surface area contributed by atoms with Gasteiger partial charge in [-0.05, 0) is 73.5 Å². The fraction of sp³-hybridized carbons (Fsp3) is 0.200. The van der Waals surface area contributed by atoms with Crippen molar-refractivity contribution in [3.63, 3.8) is 0 Å². The normalized spacial score (nSPS) is 15.5. The van der Waals surface area contributed by atoms with Crippen LogP contribution >= 0.6 is 11.6 Å². The molecule has 1 aliphatic rings. The second kappa shape index (κ2) is 10.1. The van der Waals surface area contributed by atoms with E-state index in [4.69, 9.17) is 11.6 Å². The van der Waals surface area contributed by atoms with Gasteiger partial charge in [-0.15, -0.1) is 0 Å². The first-order chi connectivity index (χ1) is 16.6. The molecule has 0 atom stereocenters. The molecule has 2 N–H and O–H groups in total. The number of amides is 2. The molecule has 0 spiro atoms. The van der Waals surface area contributed by atoms with Crippen LogP contribution < -0.4 is 14.9 Å². The number of carbonyl (C=O) groups is 2. The maximum atomic E-state index is 12.8. The van der Waals surface area contributed by atoms with Crippen LogP contribution in [0.3, 0.4) is 0 Å². The molecule has 10 heteroatoms. The summed E-state index contributed by atoms with van der Waals surface area (Å²) in [6.45, 7) is 2.73. The lowest BCUT2D eigenvalue weighted by Crippen LogP contribution is -2.47. The quantitative estimate of drug-likeness (QED) is 0.524. The molecule has 1 saturated heterocycles. The Hall–Kier alpha value is -3.40. The zero-order valence-corrected chi connectivity index (χ0v) is 20.9. The molecular formula is C25H25ClN4O4S. The van der Waals surface area contributed by atoms with Crippen LogP contribution in [0.1, 0.15) is 32.7 Å². The van der Waals surface area contributed by atoms with E-state index in [0.717, 1.165) is 12.0 Å². The van der Waals surface area contributed by atoms with Gasteiger partial charge in [0.05, 0.1) is 5.69 Å². The summed E-state index contributed by atoms with van der Waals surface area (Å²) in [5, 5.41) is 6.13. The molecule has 8 nitrogen and oxygen atoms in total. The average molecular weight is 513 g/mol. The van der Waals surface area contributed by atoms with E-state index in [1.54, 1.807) is 73.8 Å². The lowest BCUT2D eigenvalue weighted by atomic mass is 10.1. The molecule has 35 heavy (non-hydrogen) atoms. The highest BCUT2D eigenvalue weighted by molar-refractivity contribution is 7.90. The summed E-state index contributed by atoms with van der Waals surface area (Å²) in [6.07, 6.45) is 0.724. The zero-order valence-electron chi connectivity index (χ0n) is 19.3. The van der Waals surface area contributed by atoms with Gasteiger partial charge in [0.25, 0.3) is 11.8 Å². The summed E-state index contributed by atoms with van der Waals surface area (Å²) < 4.78 is 27.8.